The summed E-state index contributed by atoms with van der Waals surface area (Å²) in [5.74, 6) is 0.295. The summed E-state index contributed by atoms with van der Waals surface area (Å²) < 4.78 is 2.05. The Hall–Kier alpha value is 0.440. The predicted octanol–water partition coefficient (Wildman–Crippen LogP) is 2.06. The summed E-state index contributed by atoms with van der Waals surface area (Å²) >= 11 is 4.33. The third-order valence-corrected chi connectivity index (χ3v) is 2.93. The molecule has 0 saturated heterocycles. The highest BCUT2D eigenvalue weighted by molar-refractivity contribution is 14.1. The van der Waals surface area contributed by atoms with Crippen molar-refractivity contribution in [2.24, 2.45) is 5.73 Å². The monoisotopic (exact) mass is 375 g/mol. The molecule has 0 fully saturated rings. The first-order valence-electron chi connectivity index (χ1n) is 3.02. The lowest BCUT2D eigenvalue weighted by Crippen LogP contribution is -1.99. The van der Waals surface area contributed by atoms with E-state index in [9.17, 15) is 5.11 Å². The normalized spacial score (nSPS) is 10.1. The van der Waals surface area contributed by atoms with E-state index in [0.29, 0.717) is 12.3 Å². The third-order valence-electron chi connectivity index (χ3n) is 1.34. The van der Waals surface area contributed by atoms with Gasteiger partial charge >= 0.3 is 0 Å². The Labute approximate surface area is 92.5 Å². The summed E-state index contributed by atoms with van der Waals surface area (Å²) in [5, 5.41) is 9.38. The zero-order valence-corrected chi connectivity index (χ0v) is 9.96. The Balaban J connectivity index is 3.25. The van der Waals surface area contributed by atoms with Crippen LogP contribution in [-0.2, 0) is 6.54 Å². The van der Waals surface area contributed by atoms with Crippen LogP contribution in [0.5, 0.6) is 5.75 Å². The molecule has 0 unspecified atom stereocenters. The summed E-state index contributed by atoms with van der Waals surface area (Å²) in [5.41, 5.74) is 6.26. The molecule has 4 heteroatoms. The Morgan fingerprint density at radius 2 is 2.00 bits per heavy atom. The van der Waals surface area contributed by atoms with Crippen LogP contribution in [0.2, 0.25) is 0 Å². The first-order chi connectivity index (χ1) is 5.15. The van der Waals surface area contributed by atoms with Gasteiger partial charge in [-0.05, 0) is 57.3 Å². The molecule has 0 spiro atoms. The minimum atomic E-state index is 0.295. The number of hydrogen-bond donors (Lipinski definition) is 2. The Morgan fingerprint density at radius 1 is 1.36 bits per heavy atom. The molecule has 0 aliphatic carbocycles. The minimum Gasteiger partial charge on any atom is -0.508 e. The van der Waals surface area contributed by atoms with Crippen LogP contribution in [0.3, 0.4) is 0 Å². The Bertz CT molecular complexity index is 252. The molecular formula is C7H7I2NO. The number of hydrogen-bond acceptors (Lipinski definition) is 2. The first-order valence-corrected chi connectivity index (χ1v) is 5.18. The fraction of sp³-hybridized carbons (Fsp3) is 0.143. The van der Waals surface area contributed by atoms with Crippen molar-refractivity contribution in [1.29, 1.82) is 0 Å². The van der Waals surface area contributed by atoms with Gasteiger partial charge in [-0.3, -0.25) is 0 Å². The van der Waals surface area contributed by atoms with E-state index < -0.39 is 0 Å². The van der Waals surface area contributed by atoms with E-state index in [2.05, 4.69) is 45.2 Å². The Kier molecular flexibility index (Phi) is 3.38. The highest BCUT2D eigenvalue weighted by Gasteiger charge is 2.04. The molecule has 0 saturated carbocycles. The molecule has 1 rings (SSSR count). The van der Waals surface area contributed by atoms with Crippen LogP contribution >= 0.6 is 45.2 Å². The number of nitrogens with two attached hydrogens (primary N) is 1. The Morgan fingerprint density at radius 3 is 2.45 bits per heavy atom. The molecule has 0 atom stereocenters. The topological polar surface area (TPSA) is 46.2 Å². The zero-order chi connectivity index (χ0) is 8.43. The summed E-state index contributed by atoms with van der Waals surface area (Å²) in [6, 6.07) is 3.70. The van der Waals surface area contributed by atoms with Crippen LogP contribution < -0.4 is 5.73 Å². The third kappa shape index (κ3) is 2.19. The van der Waals surface area contributed by atoms with Crippen molar-refractivity contribution in [1.82, 2.24) is 0 Å². The summed E-state index contributed by atoms with van der Waals surface area (Å²) in [4.78, 5) is 0. The highest BCUT2D eigenvalue weighted by Crippen LogP contribution is 2.25. The number of aromatic hydroxyl groups is 1. The predicted molar refractivity (Wildman–Crippen MR) is 61.4 cm³/mol. The van der Waals surface area contributed by atoms with Crippen molar-refractivity contribution in [2.75, 3.05) is 0 Å². The van der Waals surface area contributed by atoms with Gasteiger partial charge in [0.05, 0.1) is 0 Å². The fourth-order valence-corrected chi connectivity index (χ4v) is 2.83. The van der Waals surface area contributed by atoms with Gasteiger partial charge in [0.2, 0.25) is 0 Å². The van der Waals surface area contributed by atoms with Crippen molar-refractivity contribution in [3.05, 3.63) is 24.8 Å². The molecule has 60 valence electrons. The maximum Gasteiger partial charge on any atom is 0.122 e. The number of phenolic OH excluding ortho intramolecular Hbond substituents is 1. The molecule has 11 heavy (non-hydrogen) atoms. The molecule has 0 radical (unpaired) electrons. The van der Waals surface area contributed by atoms with E-state index in [0.717, 1.165) is 12.7 Å². The van der Waals surface area contributed by atoms with Gasteiger partial charge in [-0.1, -0.05) is 0 Å². The van der Waals surface area contributed by atoms with Crippen LogP contribution in [0.4, 0.5) is 0 Å². The van der Waals surface area contributed by atoms with Crippen molar-refractivity contribution in [3.63, 3.8) is 0 Å². The van der Waals surface area contributed by atoms with Crippen molar-refractivity contribution < 1.29 is 5.11 Å². The smallest absolute Gasteiger partial charge is 0.122 e. The molecule has 0 aliphatic heterocycles. The first kappa shape index (κ1) is 9.53. The SMILES string of the molecule is NCc1c(O)cc(I)cc1I. The standard InChI is InChI=1S/C7H7I2NO/c8-4-1-6(9)5(3-10)7(11)2-4/h1-2,11H,3,10H2. The molecule has 0 heterocycles. The van der Waals surface area contributed by atoms with Gasteiger partial charge in [-0.15, -0.1) is 0 Å². The largest absolute Gasteiger partial charge is 0.508 e. The zero-order valence-electron chi connectivity index (χ0n) is 5.64. The molecule has 1 aromatic carbocycles. The van der Waals surface area contributed by atoms with E-state index in [-0.39, 0.29) is 0 Å². The van der Waals surface area contributed by atoms with Gasteiger partial charge in [-0.25, -0.2) is 0 Å². The molecule has 0 aliphatic rings. The highest BCUT2D eigenvalue weighted by atomic mass is 127. The molecule has 1 aromatic rings. The van der Waals surface area contributed by atoms with Gasteiger partial charge in [-0.2, -0.15) is 0 Å². The molecule has 0 bridgehead atoms. The number of rotatable bonds is 1. The quantitative estimate of drug-likeness (QED) is 0.739. The second-order valence-corrected chi connectivity index (χ2v) is 4.50. The summed E-state index contributed by atoms with van der Waals surface area (Å²) in [6.07, 6.45) is 0. The summed E-state index contributed by atoms with van der Waals surface area (Å²) in [7, 11) is 0. The fourth-order valence-electron chi connectivity index (χ4n) is 0.792. The molecule has 0 aromatic heterocycles. The number of benzene rings is 1. The van der Waals surface area contributed by atoms with Crippen molar-refractivity contribution in [3.8, 4) is 5.75 Å². The maximum atomic E-state index is 9.38. The molecule has 2 nitrogen and oxygen atoms in total. The van der Waals surface area contributed by atoms with Crippen LogP contribution in [0.25, 0.3) is 0 Å². The lowest BCUT2D eigenvalue weighted by Gasteiger charge is -2.04. The van der Waals surface area contributed by atoms with E-state index in [1.807, 2.05) is 6.07 Å². The number of halogens is 2. The van der Waals surface area contributed by atoms with Gasteiger partial charge in [0.1, 0.15) is 5.75 Å². The molecule has 0 amide bonds. The lowest BCUT2D eigenvalue weighted by molar-refractivity contribution is 0.467. The van der Waals surface area contributed by atoms with Crippen molar-refractivity contribution >= 4 is 45.2 Å². The van der Waals surface area contributed by atoms with Gasteiger partial charge in [0.15, 0.2) is 0 Å². The van der Waals surface area contributed by atoms with Crippen molar-refractivity contribution in [2.45, 2.75) is 6.54 Å². The lowest BCUT2D eigenvalue weighted by atomic mass is 10.2. The van der Waals surface area contributed by atoms with Gasteiger partial charge < -0.3 is 10.8 Å². The van der Waals surface area contributed by atoms with E-state index in [4.69, 9.17) is 5.73 Å². The van der Waals surface area contributed by atoms with Gasteiger partial charge in [0, 0.05) is 19.2 Å². The van der Waals surface area contributed by atoms with E-state index in [1.165, 1.54) is 0 Å². The van der Waals surface area contributed by atoms with E-state index in [1.54, 1.807) is 6.07 Å². The second kappa shape index (κ2) is 3.90. The maximum absolute atomic E-state index is 9.38. The minimum absolute atomic E-state index is 0.295. The van der Waals surface area contributed by atoms with Crippen LogP contribution in [0.1, 0.15) is 5.56 Å². The second-order valence-electron chi connectivity index (χ2n) is 2.09. The van der Waals surface area contributed by atoms with Crippen LogP contribution in [0, 0.1) is 7.14 Å². The van der Waals surface area contributed by atoms with Crippen LogP contribution in [-0.4, -0.2) is 5.11 Å². The van der Waals surface area contributed by atoms with E-state index >= 15 is 0 Å². The van der Waals surface area contributed by atoms with Crippen LogP contribution in [0.15, 0.2) is 12.1 Å². The average molecular weight is 375 g/mol. The molecular weight excluding hydrogens is 368 g/mol. The van der Waals surface area contributed by atoms with Gasteiger partial charge in [0.25, 0.3) is 0 Å². The molecule has 3 N–H and O–H groups in total. The summed E-state index contributed by atoms with van der Waals surface area (Å²) in [6.45, 7) is 0.390. The number of phenols is 1. The average Bonchev–Trinajstić information content (AvgIpc) is 1.85.